The summed E-state index contributed by atoms with van der Waals surface area (Å²) in [7, 11) is 2.00. The van der Waals surface area contributed by atoms with E-state index in [9.17, 15) is 4.79 Å². The van der Waals surface area contributed by atoms with E-state index in [0.29, 0.717) is 6.04 Å². The van der Waals surface area contributed by atoms with Crippen LogP contribution >= 0.6 is 0 Å². The quantitative estimate of drug-likeness (QED) is 0.810. The molecule has 1 unspecified atom stereocenters. The lowest BCUT2D eigenvalue weighted by Gasteiger charge is -2.25. The molecular formula is C12H20N4O. The first-order valence-corrected chi connectivity index (χ1v) is 6.12. The molecule has 1 fully saturated rings. The van der Waals surface area contributed by atoms with Crippen LogP contribution in [0.4, 0.5) is 5.82 Å². The molecule has 0 radical (unpaired) electrons. The number of hydrogen-bond donors (Lipinski definition) is 2. The second-order valence-corrected chi connectivity index (χ2v) is 4.90. The van der Waals surface area contributed by atoms with E-state index in [1.165, 1.54) is 0 Å². The Bertz CT molecular complexity index is 434. The highest BCUT2D eigenvalue weighted by Gasteiger charge is 2.21. The number of hydrogen-bond acceptors (Lipinski definition) is 4. The smallest absolute Gasteiger partial charge is 0.252 e. The number of aromatic amines is 1. The standard InChI is InChI=1S/C12H20N4O/c1-8(2)12-14-10(6-11(17)15-12)16(3)9-4-5-13-7-9/h6,8-9,13H,4-5,7H2,1-3H3,(H,14,15,17). The summed E-state index contributed by atoms with van der Waals surface area (Å²) in [6, 6.07) is 2.01. The third-order valence-electron chi connectivity index (χ3n) is 3.24. The van der Waals surface area contributed by atoms with Crippen molar-refractivity contribution >= 4 is 5.82 Å². The molecule has 2 heterocycles. The van der Waals surface area contributed by atoms with Crippen LogP contribution in [0.15, 0.2) is 10.9 Å². The van der Waals surface area contributed by atoms with Gasteiger partial charge in [-0.1, -0.05) is 13.8 Å². The molecule has 1 aliphatic heterocycles. The molecular weight excluding hydrogens is 216 g/mol. The van der Waals surface area contributed by atoms with Gasteiger partial charge >= 0.3 is 0 Å². The summed E-state index contributed by atoms with van der Waals surface area (Å²) in [5.74, 6) is 1.76. The van der Waals surface area contributed by atoms with Crippen LogP contribution < -0.4 is 15.8 Å². The Balaban J connectivity index is 2.27. The minimum Gasteiger partial charge on any atom is -0.355 e. The average molecular weight is 236 g/mol. The van der Waals surface area contributed by atoms with Gasteiger partial charge in [0.2, 0.25) is 0 Å². The number of H-pyrrole nitrogens is 1. The van der Waals surface area contributed by atoms with Gasteiger partial charge in [0.1, 0.15) is 11.6 Å². The Morgan fingerprint density at radius 2 is 2.29 bits per heavy atom. The molecule has 2 N–H and O–H groups in total. The molecule has 0 amide bonds. The largest absolute Gasteiger partial charge is 0.355 e. The van der Waals surface area contributed by atoms with E-state index in [1.807, 2.05) is 20.9 Å². The minimum atomic E-state index is -0.0727. The lowest BCUT2D eigenvalue weighted by molar-refractivity contribution is 0.667. The van der Waals surface area contributed by atoms with Gasteiger partial charge < -0.3 is 15.2 Å². The van der Waals surface area contributed by atoms with Crippen molar-refractivity contribution in [1.29, 1.82) is 0 Å². The predicted molar refractivity (Wildman–Crippen MR) is 68.6 cm³/mol. The second-order valence-electron chi connectivity index (χ2n) is 4.90. The zero-order valence-electron chi connectivity index (χ0n) is 10.7. The van der Waals surface area contributed by atoms with Crippen molar-refractivity contribution in [2.75, 3.05) is 25.0 Å². The van der Waals surface area contributed by atoms with Gasteiger partial charge in [-0.3, -0.25) is 4.79 Å². The Hall–Kier alpha value is -1.36. The Morgan fingerprint density at radius 1 is 1.53 bits per heavy atom. The van der Waals surface area contributed by atoms with Crippen molar-refractivity contribution in [3.05, 3.63) is 22.2 Å². The van der Waals surface area contributed by atoms with Crippen LogP contribution in [-0.2, 0) is 0 Å². The molecule has 0 spiro atoms. The van der Waals surface area contributed by atoms with Crippen LogP contribution in [0.1, 0.15) is 32.0 Å². The fraction of sp³-hybridized carbons (Fsp3) is 0.667. The topological polar surface area (TPSA) is 61.0 Å². The van der Waals surface area contributed by atoms with Crippen LogP contribution in [-0.4, -0.2) is 36.1 Å². The van der Waals surface area contributed by atoms with Crippen LogP contribution in [0.5, 0.6) is 0 Å². The second kappa shape index (κ2) is 4.87. The fourth-order valence-corrected chi connectivity index (χ4v) is 2.07. The van der Waals surface area contributed by atoms with Crippen molar-refractivity contribution < 1.29 is 0 Å². The predicted octanol–water partition coefficient (Wildman–Crippen LogP) is 0.691. The van der Waals surface area contributed by atoms with Crippen LogP contribution in [0.25, 0.3) is 0 Å². The Kier molecular flexibility index (Phi) is 3.47. The lowest BCUT2D eigenvalue weighted by Crippen LogP contribution is -2.35. The van der Waals surface area contributed by atoms with Gasteiger partial charge in [-0.25, -0.2) is 4.98 Å². The highest BCUT2D eigenvalue weighted by atomic mass is 16.1. The molecule has 5 heteroatoms. The number of rotatable bonds is 3. The molecule has 1 aromatic heterocycles. The van der Waals surface area contributed by atoms with E-state index in [4.69, 9.17) is 0 Å². The molecule has 0 aromatic carbocycles. The van der Waals surface area contributed by atoms with Crippen molar-refractivity contribution in [1.82, 2.24) is 15.3 Å². The number of nitrogens with zero attached hydrogens (tertiary/aromatic N) is 2. The van der Waals surface area contributed by atoms with Crippen molar-refractivity contribution in [3.63, 3.8) is 0 Å². The maximum Gasteiger partial charge on any atom is 0.252 e. The van der Waals surface area contributed by atoms with E-state index in [-0.39, 0.29) is 11.5 Å². The average Bonchev–Trinajstić information content (AvgIpc) is 2.80. The van der Waals surface area contributed by atoms with Gasteiger partial charge in [-0.15, -0.1) is 0 Å². The monoisotopic (exact) mass is 236 g/mol. The van der Waals surface area contributed by atoms with Gasteiger partial charge in [0.25, 0.3) is 5.56 Å². The molecule has 2 rings (SSSR count). The zero-order chi connectivity index (χ0) is 12.4. The summed E-state index contributed by atoms with van der Waals surface area (Å²) >= 11 is 0. The molecule has 94 valence electrons. The highest BCUT2D eigenvalue weighted by molar-refractivity contribution is 5.38. The third kappa shape index (κ3) is 2.66. The normalized spacial score (nSPS) is 19.9. The van der Waals surface area contributed by atoms with Crippen LogP contribution in [0.2, 0.25) is 0 Å². The number of likely N-dealkylation sites (N-methyl/N-ethyl adjacent to an activating group) is 1. The lowest BCUT2D eigenvalue weighted by atomic mass is 10.2. The third-order valence-corrected chi connectivity index (χ3v) is 3.24. The van der Waals surface area contributed by atoms with E-state index in [1.54, 1.807) is 6.07 Å². The summed E-state index contributed by atoms with van der Waals surface area (Å²) in [5.41, 5.74) is -0.0727. The number of aromatic nitrogens is 2. The molecule has 0 aliphatic carbocycles. The van der Waals surface area contributed by atoms with E-state index in [0.717, 1.165) is 31.2 Å². The number of anilines is 1. The van der Waals surface area contributed by atoms with E-state index >= 15 is 0 Å². The van der Waals surface area contributed by atoms with E-state index in [2.05, 4.69) is 20.2 Å². The summed E-state index contributed by atoms with van der Waals surface area (Å²) in [5, 5.41) is 3.32. The minimum absolute atomic E-state index is 0.0727. The molecule has 1 atom stereocenters. The summed E-state index contributed by atoms with van der Waals surface area (Å²) in [6.07, 6.45) is 1.10. The molecule has 1 saturated heterocycles. The SMILES string of the molecule is CC(C)c1nc(N(C)C2CCNC2)cc(=O)[nH]1. The maximum atomic E-state index is 11.6. The van der Waals surface area contributed by atoms with Gasteiger partial charge in [-0.05, 0) is 13.0 Å². The zero-order valence-corrected chi connectivity index (χ0v) is 10.7. The fourth-order valence-electron chi connectivity index (χ4n) is 2.07. The van der Waals surface area contributed by atoms with Crippen LogP contribution in [0, 0.1) is 0 Å². The first kappa shape index (κ1) is 12.1. The summed E-state index contributed by atoms with van der Waals surface area (Å²) in [6.45, 7) is 6.05. The Labute approximate surface area is 101 Å². The summed E-state index contributed by atoms with van der Waals surface area (Å²) in [4.78, 5) is 21.0. The highest BCUT2D eigenvalue weighted by Crippen LogP contribution is 2.16. The van der Waals surface area contributed by atoms with Crippen LogP contribution in [0.3, 0.4) is 0 Å². The molecule has 0 bridgehead atoms. The molecule has 0 saturated carbocycles. The van der Waals surface area contributed by atoms with Gasteiger partial charge in [-0.2, -0.15) is 0 Å². The van der Waals surface area contributed by atoms with E-state index < -0.39 is 0 Å². The maximum absolute atomic E-state index is 11.6. The number of nitrogens with one attached hydrogen (secondary N) is 2. The van der Waals surface area contributed by atoms with Gasteiger partial charge in [0.05, 0.1) is 0 Å². The van der Waals surface area contributed by atoms with Crippen molar-refractivity contribution in [3.8, 4) is 0 Å². The molecule has 1 aliphatic rings. The van der Waals surface area contributed by atoms with Crippen molar-refractivity contribution in [2.24, 2.45) is 0 Å². The Morgan fingerprint density at radius 3 is 2.88 bits per heavy atom. The van der Waals surface area contributed by atoms with Gasteiger partial charge in [0.15, 0.2) is 0 Å². The molecule has 5 nitrogen and oxygen atoms in total. The first-order chi connectivity index (χ1) is 8.08. The first-order valence-electron chi connectivity index (χ1n) is 6.12. The van der Waals surface area contributed by atoms with Gasteiger partial charge in [0, 0.05) is 31.6 Å². The molecule has 17 heavy (non-hydrogen) atoms. The van der Waals surface area contributed by atoms with Crippen molar-refractivity contribution in [2.45, 2.75) is 32.2 Å². The molecule has 1 aromatic rings. The summed E-state index contributed by atoms with van der Waals surface area (Å²) < 4.78 is 0.